The van der Waals surface area contributed by atoms with Crippen LogP contribution in [0.25, 0.3) is 10.8 Å². The van der Waals surface area contributed by atoms with Crippen LogP contribution in [0.3, 0.4) is 0 Å². The van der Waals surface area contributed by atoms with Gasteiger partial charge in [0.15, 0.2) is 5.69 Å². The van der Waals surface area contributed by atoms with E-state index in [9.17, 15) is 9.59 Å². The van der Waals surface area contributed by atoms with Crippen molar-refractivity contribution in [3.8, 4) is 0 Å². The van der Waals surface area contributed by atoms with Gasteiger partial charge in [0.1, 0.15) is 0 Å². The Bertz CT molecular complexity index is 712. The molecule has 0 unspecified atom stereocenters. The van der Waals surface area contributed by atoms with Crippen LogP contribution in [0.1, 0.15) is 37.2 Å². The molecule has 0 aliphatic heterocycles. The number of benzene rings is 1. The Labute approximate surface area is 115 Å². The Morgan fingerprint density at radius 1 is 1.25 bits per heavy atom. The number of hydrogen-bond donors (Lipinski definition) is 2. The highest BCUT2D eigenvalue weighted by Gasteiger charge is 2.13. The number of aromatic amines is 1. The monoisotopic (exact) mass is 272 g/mol. The first-order chi connectivity index (χ1) is 9.67. The highest BCUT2D eigenvalue weighted by molar-refractivity contribution is 6.05. The van der Waals surface area contributed by atoms with Crippen LogP contribution in [0.15, 0.2) is 34.2 Å². The van der Waals surface area contributed by atoms with Gasteiger partial charge in [-0.25, -0.2) is 10.5 Å². The van der Waals surface area contributed by atoms with Crippen LogP contribution in [0.4, 0.5) is 0 Å². The number of carbonyl (C=O) groups is 1. The van der Waals surface area contributed by atoms with E-state index < -0.39 is 5.91 Å². The lowest BCUT2D eigenvalue weighted by Crippen LogP contribution is -2.23. The molecule has 1 amide bonds. The molecule has 104 valence electrons. The lowest BCUT2D eigenvalue weighted by Gasteiger charge is -2.04. The molecule has 2 aromatic rings. The molecule has 2 N–H and O–H groups in total. The van der Waals surface area contributed by atoms with E-state index in [1.165, 1.54) is 0 Å². The van der Waals surface area contributed by atoms with Crippen molar-refractivity contribution in [3.63, 3.8) is 0 Å². The molecule has 20 heavy (non-hydrogen) atoms. The molecule has 6 nitrogen and oxygen atoms in total. The van der Waals surface area contributed by atoms with Crippen molar-refractivity contribution in [1.29, 1.82) is 0 Å². The number of H-pyrrole nitrogens is 1. The number of hydrogen-bond acceptors (Lipinski definition) is 4. The Hall–Kier alpha value is -2.50. The van der Waals surface area contributed by atoms with Crippen molar-refractivity contribution >= 4 is 22.4 Å². The lowest BCUT2D eigenvalue weighted by atomic mass is 10.1. The third-order valence-electron chi connectivity index (χ3n) is 3.04. The number of hydrazone groups is 1. The van der Waals surface area contributed by atoms with Crippen LogP contribution >= 0.6 is 0 Å². The van der Waals surface area contributed by atoms with Crippen LogP contribution in [0.2, 0.25) is 0 Å². The molecule has 0 saturated heterocycles. The van der Waals surface area contributed by atoms with Gasteiger partial charge in [0.25, 0.3) is 11.5 Å². The predicted octanol–water partition coefficient (Wildman–Crippen LogP) is 1.83. The van der Waals surface area contributed by atoms with Crippen LogP contribution in [-0.2, 0) is 0 Å². The smallest absolute Gasteiger partial charge is 0.267 e. The van der Waals surface area contributed by atoms with Gasteiger partial charge in [0.2, 0.25) is 0 Å². The van der Waals surface area contributed by atoms with E-state index in [4.69, 9.17) is 0 Å². The molecule has 0 aliphatic carbocycles. The van der Waals surface area contributed by atoms with Gasteiger partial charge in [-0.05, 0) is 18.9 Å². The molecule has 0 fully saturated rings. The minimum Gasteiger partial charge on any atom is -0.267 e. The van der Waals surface area contributed by atoms with Gasteiger partial charge in [0, 0.05) is 11.1 Å². The van der Waals surface area contributed by atoms with Crippen molar-refractivity contribution in [2.45, 2.75) is 26.7 Å². The van der Waals surface area contributed by atoms with Crippen LogP contribution in [-0.4, -0.2) is 21.8 Å². The topological polar surface area (TPSA) is 87.2 Å². The first-order valence-corrected chi connectivity index (χ1v) is 6.50. The fourth-order valence-corrected chi connectivity index (χ4v) is 1.88. The molecule has 1 aromatic carbocycles. The molecule has 0 bridgehead atoms. The first-order valence-electron chi connectivity index (χ1n) is 6.50. The average molecular weight is 272 g/mol. The molecule has 0 saturated carbocycles. The van der Waals surface area contributed by atoms with Gasteiger partial charge >= 0.3 is 0 Å². The normalized spacial score (nSPS) is 10.3. The quantitative estimate of drug-likeness (QED) is 0.657. The third kappa shape index (κ3) is 2.74. The molecule has 0 atom stereocenters. The zero-order valence-electron chi connectivity index (χ0n) is 11.4. The number of fused-ring (bicyclic) bond motifs is 1. The largest absolute Gasteiger partial charge is 0.292 e. The zero-order valence-corrected chi connectivity index (χ0v) is 11.4. The highest BCUT2D eigenvalue weighted by Crippen LogP contribution is 2.12. The van der Waals surface area contributed by atoms with E-state index >= 15 is 0 Å². The van der Waals surface area contributed by atoms with Crippen molar-refractivity contribution in [2.24, 2.45) is 5.10 Å². The second kappa shape index (κ2) is 6.10. The summed E-state index contributed by atoms with van der Waals surface area (Å²) >= 11 is 0. The van der Waals surface area contributed by atoms with E-state index in [0.29, 0.717) is 10.8 Å². The van der Waals surface area contributed by atoms with E-state index in [1.807, 2.05) is 13.8 Å². The standard InChI is InChI=1S/C14H16N4O2/c1-3-9(4-2)15-18-14(20)12-10-7-5-6-8-11(10)13(19)17-16-12/h5-8H,3-4H2,1-2H3,(H,17,19)(H,18,20). The summed E-state index contributed by atoms with van der Waals surface area (Å²) in [6.45, 7) is 3.95. The van der Waals surface area contributed by atoms with E-state index in [2.05, 4.69) is 20.7 Å². The van der Waals surface area contributed by atoms with Gasteiger partial charge < -0.3 is 0 Å². The Morgan fingerprint density at radius 2 is 1.90 bits per heavy atom. The van der Waals surface area contributed by atoms with E-state index in [0.717, 1.165) is 18.6 Å². The number of rotatable bonds is 4. The maximum absolute atomic E-state index is 12.1. The molecule has 2 rings (SSSR count). The number of nitrogens with zero attached hydrogens (tertiary/aromatic N) is 2. The molecule has 1 aromatic heterocycles. The number of aromatic nitrogens is 2. The summed E-state index contributed by atoms with van der Waals surface area (Å²) in [5.41, 5.74) is 3.22. The summed E-state index contributed by atoms with van der Waals surface area (Å²) in [6.07, 6.45) is 1.55. The number of carbonyl (C=O) groups excluding carboxylic acids is 1. The fraction of sp³-hybridized carbons (Fsp3) is 0.286. The zero-order chi connectivity index (χ0) is 14.5. The molecule has 1 heterocycles. The Morgan fingerprint density at radius 3 is 2.55 bits per heavy atom. The minimum absolute atomic E-state index is 0.163. The van der Waals surface area contributed by atoms with Gasteiger partial charge in [-0.2, -0.15) is 10.2 Å². The number of amides is 1. The average Bonchev–Trinajstić information content (AvgIpc) is 2.48. The lowest BCUT2D eigenvalue weighted by molar-refractivity contribution is 0.0950. The molecule has 0 radical (unpaired) electrons. The van der Waals surface area contributed by atoms with E-state index in [-0.39, 0.29) is 11.3 Å². The fourth-order valence-electron chi connectivity index (χ4n) is 1.88. The van der Waals surface area contributed by atoms with Crippen molar-refractivity contribution in [2.75, 3.05) is 0 Å². The molecular formula is C14H16N4O2. The third-order valence-corrected chi connectivity index (χ3v) is 3.04. The van der Waals surface area contributed by atoms with Crippen molar-refractivity contribution in [1.82, 2.24) is 15.6 Å². The Balaban J connectivity index is 2.39. The van der Waals surface area contributed by atoms with Gasteiger partial charge in [-0.15, -0.1) is 0 Å². The highest BCUT2D eigenvalue weighted by atomic mass is 16.2. The first kappa shape index (κ1) is 13.9. The maximum Gasteiger partial charge on any atom is 0.292 e. The van der Waals surface area contributed by atoms with E-state index in [1.54, 1.807) is 24.3 Å². The summed E-state index contributed by atoms with van der Waals surface area (Å²) in [5.74, 6) is -0.433. The summed E-state index contributed by atoms with van der Waals surface area (Å²) in [7, 11) is 0. The van der Waals surface area contributed by atoms with Crippen LogP contribution in [0, 0.1) is 0 Å². The van der Waals surface area contributed by atoms with Gasteiger partial charge in [-0.3, -0.25) is 9.59 Å². The number of nitrogens with one attached hydrogen (secondary N) is 2. The van der Waals surface area contributed by atoms with Crippen molar-refractivity contribution < 1.29 is 4.79 Å². The summed E-state index contributed by atoms with van der Waals surface area (Å²) in [4.78, 5) is 23.7. The maximum atomic E-state index is 12.1. The summed E-state index contributed by atoms with van der Waals surface area (Å²) in [6, 6.07) is 6.84. The SMILES string of the molecule is CCC(CC)=NNC(=O)c1n[nH]c(=O)c2ccccc12. The van der Waals surface area contributed by atoms with Gasteiger partial charge in [-0.1, -0.05) is 32.0 Å². The molecule has 6 heteroatoms. The predicted molar refractivity (Wildman–Crippen MR) is 77.8 cm³/mol. The molecule has 0 spiro atoms. The summed E-state index contributed by atoms with van der Waals surface area (Å²) < 4.78 is 0. The van der Waals surface area contributed by atoms with Crippen LogP contribution < -0.4 is 11.0 Å². The molecular weight excluding hydrogens is 256 g/mol. The summed E-state index contributed by atoms with van der Waals surface area (Å²) in [5, 5.41) is 11.1. The second-order valence-electron chi connectivity index (χ2n) is 4.27. The Kier molecular flexibility index (Phi) is 4.24. The minimum atomic E-state index is -0.433. The van der Waals surface area contributed by atoms with Crippen LogP contribution in [0.5, 0.6) is 0 Å². The van der Waals surface area contributed by atoms with Gasteiger partial charge in [0.05, 0.1) is 5.39 Å². The second-order valence-corrected chi connectivity index (χ2v) is 4.27. The molecule has 0 aliphatic rings. The van der Waals surface area contributed by atoms with Crippen molar-refractivity contribution in [3.05, 3.63) is 40.3 Å².